The molecule has 2 saturated carbocycles. The third-order valence-electron chi connectivity index (χ3n) is 7.50. The third-order valence-corrected chi connectivity index (χ3v) is 7.50. The van der Waals surface area contributed by atoms with Crippen molar-refractivity contribution in [1.29, 1.82) is 0 Å². The molecule has 2 fully saturated rings. The SMILES string of the molecule is CCCCc1cnc(CC[C@H]2CC[C@H]([C@H]3CC[C@H](CCC)CC3)CC2)nc1. The summed E-state index contributed by atoms with van der Waals surface area (Å²) in [4.78, 5) is 9.23. The summed E-state index contributed by atoms with van der Waals surface area (Å²) < 4.78 is 0. The number of hydrogen-bond acceptors (Lipinski definition) is 2. The Bertz CT molecular complexity index is 508. The predicted molar refractivity (Wildman–Crippen MR) is 115 cm³/mol. The van der Waals surface area contributed by atoms with Gasteiger partial charge in [-0.25, -0.2) is 9.97 Å². The Hall–Kier alpha value is -0.920. The highest BCUT2D eigenvalue weighted by molar-refractivity contribution is 5.05. The first-order valence-electron chi connectivity index (χ1n) is 12.1. The van der Waals surface area contributed by atoms with Gasteiger partial charge in [0.25, 0.3) is 0 Å². The Labute approximate surface area is 168 Å². The van der Waals surface area contributed by atoms with Crippen LogP contribution in [0.1, 0.15) is 109 Å². The zero-order valence-corrected chi connectivity index (χ0v) is 18.0. The van der Waals surface area contributed by atoms with Crippen LogP contribution in [0.5, 0.6) is 0 Å². The summed E-state index contributed by atoms with van der Waals surface area (Å²) >= 11 is 0. The number of rotatable bonds is 9. The molecule has 0 atom stereocenters. The third kappa shape index (κ3) is 6.57. The summed E-state index contributed by atoms with van der Waals surface area (Å²) in [6, 6.07) is 0. The second-order valence-electron chi connectivity index (χ2n) is 9.50. The van der Waals surface area contributed by atoms with E-state index in [-0.39, 0.29) is 0 Å². The van der Waals surface area contributed by atoms with Crippen LogP contribution in [0.3, 0.4) is 0 Å². The molecule has 0 unspecified atom stereocenters. The van der Waals surface area contributed by atoms with Crippen LogP contribution in [0.4, 0.5) is 0 Å². The van der Waals surface area contributed by atoms with Crippen molar-refractivity contribution in [2.24, 2.45) is 23.7 Å². The summed E-state index contributed by atoms with van der Waals surface area (Å²) in [5.74, 6) is 5.12. The molecule has 152 valence electrons. The minimum atomic E-state index is 0.918. The fourth-order valence-electron chi connectivity index (χ4n) is 5.66. The zero-order valence-electron chi connectivity index (χ0n) is 18.0. The van der Waals surface area contributed by atoms with Gasteiger partial charge < -0.3 is 0 Å². The molecule has 1 aromatic rings. The smallest absolute Gasteiger partial charge is 0.128 e. The second-order valence-corrected chi connectivity index (χ2v) is 9.50. The highest BCUT2D eigenvalue weighted by atomic mass is 14.9. The molecule has 2 aliphatic rings. The molecule has 0 radical (unpaired) electrons. The maximum atomic E-state index is 4.62. The van der Waals surface area contributed by atoms with Crippen LogP contribution in [0, 0.1) is 23.7 Å². The van der Waals surface area contributed by atoms with E-state index in [1.165, 1.54) is 89.0 Å². The maximum absolute atomic E-state index is 4.62. The first-order valence-corrected chi connectivity index (χ1v) is 12.1. The van der Waals surface area contributed by atoms with E-state index in [0.717, 1.165) is 42.3 Å². The molecule has 2 aliphatic carbocycles. The highest BCUT2D eigenvalue weighted by Crippen LogP contribution is 2.42. The van der Waals surface area contributed by atoms with Gasteiger partial charge >= 0.3 is 0 Å². The van der Waals surface area contributed by atoms with Crippen molar-refractivity contribution in [2.45, 2.75) is 110 Å². The molecule has 1 aromatic heterocycles. The van der Waals surface area contributed by atoms with Gasteiger partial charge in [0.15, 0.2) is 0 Å². The van der Waals surface area contributed by atoms with E-state index in [2.05, 4.69) is 36.2 Å². The number of hydrogen-bond donors (Lipinski definition) is 0. The average molecular weight is 371 g/mol. The highest BCUT2D eigenvalue weighted by Gasteiger charge is 2.30. The Balaban J connectivity index is 1.34. The van der Waals surface area contributed by atoms with Crippen LogP contribution < -0.4 is 0 Å². The van der Waals surface area contributed by atoms with E-state index in [9.17, 15) is 0 Å². The van der Waals surface area contributed by atoms with E-state index in [1.54, 1.807) is 0 Å². The van der Waals surface area contributed by atoms with Crippen molar-refractivity contribution < 1.29 is 0 Å². The second kappa shape index (κ2) is 11.2. The zero-order chi connectivity index (χ0) is 18.9. The van der Waals surface area contributed by atoms with E-state index in [1.807, 2.05) is 0 Å². The molecule has 2 nitrogen and oxygen atoms in total. The molecule has 0 N–H and O–H groups in total. The molecule has 0 spiro atoms. The van der Waals surface area contributed by atoms with Gasteiger partial charge in [-0.2, -0.15) is 0 Å². The molecule has 2 heteroatoms. The predicted octanol–water partition coefficient (Wildman–Crippen LogP) is 7.16. The normalized spacial score (nSPS) is 29.0. The Morgan fingerprint density at radius 2 is 1.26 bits per heavy atom. The van der Waals surface area contributed by atoms with E-state index in [4.69, 9.17) is 0 Å². The van der Waals surface area contributed by atoms with E-state index >= 15 is 0 Å². The van der Waals surface area contributed by atoms with Crippen LogP contribution in [-0.4, -0.2) is 9.97 Å². The first kappa shape index (κ1) is 20.8. The van der Waals surface area contributed by atoms with Crippen molar-refractivity contribution in [3.63, 3.8) is 0 Å². The summed E-state index contributed by atoms with van der Waals surface area (Å²) in [5.41, 5.74) is 1.30. The Morgan fingerprint density at radius 3 is 1.78 bits per heavy atom. The molecule has 0 saturated heterocycles. The van der Waals surface area contributed by atoms with Crippen LogP contribution in [0.15, 0.2) is 12.4 Å². The van der Waals surface area contributed by atoms with Gasteiger partial charge in [-0.3, -0.25) is 0 Å². The molecule has 1 heterocycles. The molecule has 0 aliphatic heterocycles. The van der Waals surface area contributed by atoms with Gasteiger partial charge in [0.1, 0.15) is 5.82 Å². The lowest BCUT2D eigenvalue weighted by Crippen LogP contribution is -2.26. The number of nitrogens with zero attached hydrogens (tertiary/aromatic N) is 2. The van der Waals surface area contributed by atoms with Crippen molar-refractivity contribution in [1.82, 2.24) is 9.97 Å². The van der Waals surface area contributed by atoms with Crippen LogP contribution in [0.2, 0.25) is 0 Å². The summed E-state index contributed by atoms with van der Waals surface area (Å²) in [7, 11) is 0. The maximum Gasteiger partial charge on any atom is 0.128 e. The summed E-state index contributed by atoms with van der Waals surface area (Å²) in [6.45, 7) is 4.58. The van der Waals surface area contributed by atoms with Crippen molar-refractivity contribution in [3.8, 4) is 0 Å². The van der Waals surface area contributed by atoms with Gasteiger partial charge in [-0.15, -0.1) is 0 Å². The van der Waals surface area contributed by atoms with Crippen molar-refractivity contribution >= 4 is 0 Å². The Morgan fingerprint density at radius 1 is 0.704 bits per heavy atom. The van der Waals surface area contributed by atoms with Gasteiger partial charge in [0, 0.05) is 18.8 Å². The fraction of sp³-hybridized carbons (Fsp3) is 0.840. The Kier molecular flexibility index (Phi) is 8.61. The average Bonchev–Trinajstić information content (AvgIpc) is 2.73. The van der Waals surface area contributed by atoms with E-state index in [0.29, 0.717) is 0 Å². The molecule has 0 bridgehead atoms. The van der Waals surface area contributed by atoms with Gasteiger partial charge in [0.05, 0.1) is 0 Å². The van der Waals surface area contributed by atoms with Gasteiger partial charge in [-0.1, -0.05) is 58.8 Å². The standard InChI is InChI=1S/C25H42N2/c1-3-5-7-22-18-26-25(27-19-22)17-12-21-10-15-24(16-11-21)23-13-8-20(6-4-2)9-14-23/h18-21,23-24H,3-17H2,1-2H3/t20-,21-,23-,24-. The van der Waals surface area contributed by atoms with Gasteiger partial charge in [-0.05, 0) is 74.2 Å². The number of aryl methyl sites for hydroxylation is 2. The molecule has 0 aromatic carbocycles. The van der Waals surface area contributed by atoms with Crippen molar-refractivity contribution in [3.05, 3.63) is 23.8 Å². The largest absolute Gasteiger partial charge is 0.241 e. The number of unbranched alkanes of at least 4 members (excludes halogenated alkanes) is 1. The summed E-state index contributed by atoms with van der Waals surface area (Å²) in [5, 5.41) is 0. The number of aromatic nitrogens is 2. The quantitative estimate of drug-likeness (QED) is 0.460. The molecule has 27 heavy (non-hydrogen) atoms. The fourth-order valence-corrected chi connectivity index (χ4v) is 5.66. The van der Waals surface area contributed by atoms with Crippen LogP contribution in [0.25, 0.3) is 0 Å². The molecule has 3 rings (SSSR count). The molecular formula is C25H42N2. The van der Waals surface area contributed by atoms with Crippen LogP contribution in [-0.2, 0) is 12.8 Å². The topological polar surface area (TPSA) is 25.8 Å². The van der Waals surface area contributed by atoms with Crippen LogP contribution >= 0.6 is 0 Å². The minimum Gasteiger partial charge on any atom is -0.241 e. The molecular weight excluding hydrogens is 328 g/mol. The van der Waals surface area contributed by atoms with Crippen molar-refractivity contribution in [2.75, 3.05) is 0 Å². The molecule has 0 amide bonds. The monoisotopic (exact) mass is 370 g/mol. The lowest BCUT2D eigenvalue weighted by Gasteiger charge is -2.38. The van der Waals surface area contributed by atoms with Gasteiger partial charge in [0.2, 0.25) is 0 Å². The first-order chi connectivity index (χ1) is 13.3. The minimum absolute atomic E-state index is 0.918. The summed E-state index contributed by atoms with van der Waals surface area (Å²) in [6.07, 6.45) is 24.9. The lowest BCUT2D eigenvalue weighted by molar-refractivity contribution is 0.141. The van der Waals surface area contributed by atoms with E-state index < -0.39 is 0 Å². The lowest BCUT2D eigenvalue weighted by atomic mass is 9.68.